The molecule has 1 unspecified atom stereocenters. The minimum absolute atomic E-state index is 0.0683. The summed E-state index contributed by atoms with van der Waals surface area (Å²) in [6.45, 7) is 3.13. The van der Waals surface area contributed by atoms with Crippen LogP contribution in [0.5, 0.6) is 5.75 Å². The summed E-state index contributed by atoms with van der Waals surface area (Å²) in [6, 6.07) is 9.58. The quantitative estimate of drug-likeness (QED) is 0.739. The lowest BCUT2D eigenvalue weighted by Crippen LogP contribution is -2.15. The molecule has 0 aliphatic heterocycles. The first-order chi connectivity index (χ1) is 13.1. The van der Waals surface area contributed by atoms with E-state index in [-0.39, 0.29) is 24.2 Å². The zero-order valence-electron chi connectivity index (χ0n) is 15.7. The van der Waals surface area contributed by atoms with Crippen molar-refractivity contribution in [3.8, 4) is 5.75 Å². The van der Waals surface area contributed by atoms with Crippen LogP contribution in [0.15, 0.2) is 42.5 Å². The van der Waals surface area contributed by atoms with Gasteiger partial charge in [-0.3, -0.25) is 9.59 Å². The minimum atomic E-state index is -4.39. The van der Waals surface area contributed by atoms with Crippen molar-refractivity contribution in [3.63, 3.8) is 0 Å². The second kappa shape index (κ2) is 8.77. The van der Waals surface area contributed by atoms with Crippen LogP contribution >= 0.6 is 0 Å². The fourth-order valence-corrected chi connectivity index (χ4v) is 2.68. The molecule has 0 fully saturated rings. The molecule has 2 rings (SSSR count). The molecular weight excluding hydrogens is 373 g/mol. The van der Waals surface area contributed by atoms with Gasteiger partial charge in [0.1, 0.15) is 5.75 Å². The van der Waals surface area contributed by atoms with Crippen LogP contribution in [0, 0.1) is 0 Å². The number of anilines is 2. The summed E-state index contributed by atoms with van der Waals surface area (Å²) >= 11 is 0. The molecule has 0 saturated carbocycles. The summed E-state index contributed by atoms with van der Waals surface area (Å²) in [5, 5.41) is 5.33. The summed E-state index contributed by atoms with van der Waals surface area (Å²) in [7, 11) is 1.45. The van der Waals surface area contributed by atoms with Crippen LogP contribution in [0.2, 0.25) is 0 Å². The number of nitrogens with one attached hydrogen (secondary N) is 2. The molecule has 1 atom stereocenters. The van der Waals surface area contributed by atoms with E-state index in [0.717, 1.165) is 12.1 Å². The molecule has 0 aliphatic carbocycles. The normalized spacial score (nSPS) is 12.2. The smallest absolute Gasteiger partial charge is 0.416 e. The maximum absolute atomic E-state index is 12.7. The van der Waals surface area contributed by atoms with Crippen LogP contribution < -0.4 is 15.4 Å². The second-order valence-electron chi connectivity index (χ2n) is 6.37. The largest absolute Gasteiger partial charge is 0.495 e. The highest BCUT2D eigenvalue weighted by Gasteiger charge is 2.30. The first-order valence-corrected chi connectivity index (χ1v) is 8.52. The molecule has 2 aromatic rings. The molecule has 150 valence electrons. The highest BCUT2D eigenvalue weighted by molar-refractivity contribution is 5.95. The van der Waals surface area contributed by atoms with Gasteiger partial charge in [-0.15, -0.1) is 0 Å². The van der Waals surface area contributed by atoms with Crippen molar-refractivity contribution < 1.29 is 27.5 Å². The number of halogens is 3. The SMILES string of the molecule is COc1ccc(NC(C)=O)cc1NC(=O)CC(C)c1ccc(C(F)(F)F)cc1. The summed E-state index contributed by atoms with van der Waals surface area (Å²) < 4.78 is 43.2. The van der Waals surface area contributed by atoms with Crippen molar-refractivity contribution in [2.45, 2.75) is 32.4 Å². The van der Waals surface area contributed by atoms with Gasteiger partial charge in [-0.05, 0) is 41.8 Å². The number of ether oxygens (including phenoxy) is 1. The summed E-state index contributed by atoms with van der Waals surface area (Å²) in [5.41, 5.74) is 0.785. The molecular formula is C20H21F3N2O3. The Morgan fingerprint density at radius 2 is 1.71 bits per heavy atom. The summed E-state index contributed by atoms with van der Waals surface area (Å²) in [6.07, 6.45) is -4.33. The Morgan fingerprint density at radius 3 is 2.25 bits per heavy atom. The maximum Gasteiger partial charge on any atom is 0.416 e. The van der Waals surface area contributed by atoms with E-state index < -0.39 is 11.7 Å². The molecule has 8 heteroatoms. The predicted molar refractivity (Wildman–Crippen MR) is 100 cm³/mol. The number of carbonyl (C=O) groups is 2. The van der Waals surface area contributed by atoms with Crippen LogP contribution in [0.3, 0.4) is 0 Å². The van der Waals surface area contributed by atoms with Gasteiger partial charge in [-0.1, -0.05) is 19.1 Å². The van der Waals surface area contributed by atoms with E-state index in [1.165, 1.54) is 26.2 Å². The van der Waals surface area contributed by atoms with Crippen LogP contribution in [-0.2, 0) is 15.8 Å². The van der Waals surface area contributed by atoms with Crippen molar-refractivity contribution in [1.82, 2.24) is 0 Å². The molecule has 2 aromatic carbocycles. The zero-order valence-corrected chi connectivity index (χ0v) is 15.7. The molecule has 2 amide bonds. The number of carbonyl (C=O) groups excluding carboxylic acids is 2. The van der Waals surface area contributed by atoms with E-state index in [9.17, 15) is 22.8 Å². The monoisotopic (exact) mass is 394 g/mol. The lowest BCUT2D eigenvalue weighted by atomic mass is 9.96. The number of alkyl halides is 3. The third kappa shape index (κ3) is 5.73. The Morgan fingerprint density at radius 1 is 1.07 bits per heavy atom. The highest BCUT2D eigenvalue weighted by Crippen LogP contribution is 2.31. The number of methoxy groups -OCH3 is 1. The van der Waals surface area contributed by atoms with Crippen molar-refractivity contribution in [1.29, 1.82) is 0 Å². The molecule has 0 spiro atoms. The Hall–Kier alpha value is -3.03. The van der Waals surface area contributed by atoms with Gasteiger partial charge < -0.3 is 15.4 Å². The maximum atomic E-state index is 12.7. The van der Waals surface area contributed by atoms with E-state index in [4.69, 9.17) is 4.74 Å². The first-order valence-electron chi connectivity index (χ1n) is 8.52. The van der Waals surface area contributed by atoms with Gasteiger partial charge in [-0.25, -0.2) is 0 Å². The molecule has 0 heterocycles. The fraction of sp³-hybridized carbons (Fsp3) is 0.300. The van der Waals surface area contributed by atoms with Crippen molar-refractivity contribution >= 4 is 23.2 Å². The molecule has 0 bridgehead atoms. The van der Waals surface area contributed by atoms with Gasteiger partial charge in [0.2, 0.25) is 11.8 Å². The topological polar surface area (TPSA) is 67.4 Å². The van der Waals surface area contributed by atoms with Gasteiger partial charge in [0, 0.05) is 19.0 Å². The van der Waals surface area contributed by atoms with E-state index in [1.54, 1.807) is 25.1 Å². The zero-order chi connectivity index (χ0) is 20.9. The summed E-state index contributed by atoms with van der Waals surface area (Å²) in [5.74, 6) is -0.444. The Labute approximate surface area is 160 Å². The van der Waals surface area contributed by atoms with E-state index in [2.05, 4.69) is 10.6 Å². The molecule has 5 nitrogen and oxygen atoms in total. The molecule has 0 aromatic heterocycles. The average Bonchev–Trinajstić information content (AvgIpc) is 2.60. The van der Waals surface area contributed by atoms with Crippen LogP contribution in [0.1, 0.15) is 37.3 Å². The molecule has 28 heavy (non-hydrogen) atoms. The van der Waals surface area contributed by atoms with Gasteiger partial charge >= 0.3 is 6.18 Å². The molecule has 0 aliphatic rings. The van der Waals surface area contributed by atoms with E-state index >= 15 is 0 Å². The average molecular weight is 394 g/mol. The standard InChI is InChI=1S/C20H21F3N2O3/c1-12(14-4-6-15(7-5-14)20(21,22)23)10-19(27)25-17-11-16(24-13(2)26)8-9-18(17)28-3/h4-9,11-12H,10H2,1-3H3,(H,24,26)(H,25,27). The third-order valence-electron chi connectivity index (χ3n) is 4.09. The van der Waals surface area contributed by atoms with Crippen LogP contribution in [-0.4, -0.2) is 18.9 Å². The predicted octanol–water partition coefficient (Wildman–Crippen LogP) is 4.80. The van der Waals surface area contributed by atoms with Crippen molar-refractivity contribution in [2.24, 2.45) is 0 Å². The number of hydrogen-bond donors (Lipinski definition) is 2. The fourth-order valence-electron chi connectivity index (χ4n) is 2.68. The number of benzene rings is 2. The van der Waals surface area contributed by atoms with Gasteiger partial charge in [0.15, 0.2) is 0 Å². The van der Waals surface area contributed by atoms with Crippen molar-refractivity contribution in [3.05, 3.63) is 53.6 Å². The Balaban J connectivity index is 2.07. The van der Waals surface area contributed by atoms with Gasteiger partial charge in [0.25, 0.3) is 0 Å². The number of amides is 2. The molecule has 0 radical (unpaired) electrons. The summed E-state index contributed by atoms with van der Waals surface area (Å²) in [4.78, 5) is 23.6. The first kappa shape index (κ1) is 21.3. The second-order valence-corrected chi connectivity index (χ2v) is 6.37. The molecule has 0 saturated heterocycles. The van der Waals surface area contributed by atoms with Gasteiger partial charge in [-0.2, -0.15) is 13.2 Å². The highest BCUT2D eigenvalue weighted by atomic mass is 19.4. The number of rotatable bonds is 6. The lowest BCUT2D eigenvalue weighted by molar-refractivity contribution is -0.137. The number of hydrogen-bond acceptors (Lipinski definition) is 3. The van der Waals surface area contributed by atoms with Crippen LogP contribution in [0.25, 0.3) is 0 Å². The Kier molecular flexibility index (Phi) is 6.66. The third-order valence-corrected chi connectivity index (χ3v) is 4.09. The lowest BCUT2D eigenvalue weighted by Gasteiger charge is -2.15. The Bertz CT molecular complexity index is 849. The van der Waals surface area contributed by atoms with Gasteiger partial charge in [0.05, 0.1) is 18.4 Å². The van der Waals surface area contributed by atoms with E-state index in [1.807, 2.05) is 0 Å². The van der Waals surface area contributed by atoms with Crippen LogP contribution in [0.4, 0.5) is 24.5 Å². The van der Waals surface area contributed by atoms with Crippen molar-refractivity contribution in [2.75, 3.05) is 17.7 Å². The minimum Gasteiger partial charge on any atom is -0.495 e. The van der Waals surface area contributed by atoms with E-state index in [0.29, 0.717) is 22.7 Å². The molecule has 2 N–H and O–H groups in total.